The maximum Gasteiger partial charge on any atom is 0.326 e. The zero-order valence-corrected chi connectivity index (χ0v) is 21.8. The molecule has 0 saturated heterocycles. The number of hydrogen-bond donors (Lipinski definition) is 1. The lowest BCUT2D eigenvalue weighted by Gasteiger charge is -2.34. The van der Waals surface area contributed by atoms with E-state index in [0.717, 1.165) is 17.2 Å². The van der Waals surface area contributed by atoms with Gasteiger partial charge in [-0.15, -0.1) is 0 Å². The van der Waals surface area contributed by atoms with E-state index in [-0.39, 0.29) is 35.2 Å². The number of halogens is 2. The number of ether oxygens (including phenoxy) is 2. The molecule has 1 aromatic heterocycles. The van der Waals surface area contributed by atoms with E-state index in [9.17, 15) is 14.0 Å². The third kappa shape index (κ3) is 5.99. The highest BCUT2D eigenvalue weighted by Crippen LogP contribution is 2.38. The number of aromatic nitrogens is 2. The maximum absolute atomic E-state index is 14.2. The second kappa shape index (κ2) is 10.7. The zero-order chi connectivity index (χ0) is 26.7. The molecule has 3 aromatic rings. The van der Waals surface area contributed by atoms with Gasteiger partial charge < -0.3 is 14.8 Å². The molecule has 0 spiro atoms. The van der Waals surface area contributed by atoms with E-state index in [0.29, 0.717) is 24.4 Å². The smallest absolute Gasteiger partial charge is 0.326 e. The highest BCUT2D eigenvalue weighted by molar-refractivity contribution is 6.30. The number of carbonyl (C=O) groups is 2. The van der Waals surface area contributed by atoms with Crippen molar-refractivity contribution in [3.05, 3.63) is 59.6 Å². The predicted molar refractivity (Wildman–Crippen MR) is 140 cm³/mol. The largest absolute Gasteiger partial charge is 0.486 e. The monoisotopic (exact) mass is 526 g/mol. The summed E-state index contributed by atoms with van der Waals surface area (Å²) in [7, 11) is 0. The molecular weight excluding hydrogens is 499 g/mol. The van der Waals surface area contributed by atoms with Crippen LogP contribution in [0.15, 0.2) is 48.8 Å². The van der Waals surface area contributed by atoms with Gasteiger partial charge in [0.1, 0.15) is 30.1 Å². The summed E-state index contributed by atoms with van der Waals surface area (Å²) < 4.78 is 26.0. The highest BCUT2D eigenvalue weighted by Gasteiger charge is 2.30. The predicted octanol–water partition coefficient (Wildman–Crippen LogP) is 6.14. The van der Waals surface area contributed by atoms with Crippen molar-refractivity contribution in [1.82, 2.24) is 9.97 Å². The van der Waals surface area contributed by atoms with Crippen LogP contribution in [-0.2, 0) is 4.79 Å². The number of amides is 2. The van der Waals surface area contributed by atoms with Crippen molar-refractivity contribution in [2.24, 2.45) is 5.41 Å². The summed E-state index contributed by atoms with van der Waals surface area (Å²) in [4.78, 5) is 34.8. The number of carbonyl (C=O) groups excluding carboxylic acids is 2. The Balaban J connectivity index is 1.54. The van der Waals surface area contributed by atoms with Gasteiger partial charge in [0.2, 0.25) is 0 Å². The molecule has 1 N–H and O–H groups in total. The average Bonchev–Trinajstić information content (AvgIpc) is 2.88. The van der Waals surface area contributed by atoms with E-state index < -0.39 is 17.3 Å². The molecule has 0 saturated carbocycles. The first-order valence-corrected chi connectivity index (χ1v) is 12.3. The van der Waals surface area contributed by atoms with Crippen molar-refractivity contribution < 1.29 is 23.5 Å². The van der Waals surface area contributed by atoms with E-state index in [2.05, 4.69) is 15.3 Å². The van der Waals surface area contributed by atoms with Crippen LogP contribution >= 0.6 is 11.6 Å². The summed E-state index contributed by atoms with van der Waals surface area (Å²) >= 11 is 5.82. The van der Waals surface area contributed by atoms with E-state index in [1.165, 1.54) is 24.0 Å². The Morgan fingerprint density at radius 1 is 1.19 bits per heavy atom. The summed E-state index contributed by atoms with van der Waals surface area (Å²) in [5.41, 5.74) is 1.48. The number of benzene rings is 2. The molecule has 4 rings (SSSR count). The number of hydrogen-bond acceptors (Lipinski definition) is 6. The van der Waals surface area contributed by atoms with Crippen LogP contribution in [0.25, 0.3) is 11.1 Å². The van der Waals surface area contributed by atoms with Gasteiger partial charge in [-0.25, -0.2) is 19.2 Å². The van der Waals surface area contributed by atoms with Crippen LogP contribution in [0.3, 0.4) is 0 Å². The third-order valence-corrected chi connectivity index (χ3v) is 6.52. The van der Waals surface area contributed by atoms with Crippen molar-refractivity contribution in [3.63, 3.8) is 0 Å². The van der Waals surface area contributed by atoms with Gasteiger partial charge in [-0.3, -0.25) is 9.69 Å². The van der Waals surface area contributed by atoms with Gasteiger partial charge >= 0.3 is 12.0 Å². The standard InChI is InChI=1S/C27H28ClFN4O4/c1-5-20-14-33(26(35)32-22-8-7-19(28)11-21(22)29)23-9-6-17(10-24(23)37-20)18-12-30-25(31-13-18)36-15-27(3,4)16(2)34/h6-13,20H,5,14-15H2,1-4H3,(H,32,35). The number of nitrogens with one attached hydrogen (secondary N) is 1. The fourth-order valence-electron chi connectivity index (χ4n) is 3.59. The topological polar surface area (TPSA) is 93.7 Å². The lowest BCUT2D eigenvalue weighted by atomic mass is 9.90. The Hall–Kier alpha value is -3.72. The number of fused-ring (bicyclic) bond motifs is 1. The second-order valence-corrected chi connectivity index (χ2v) is 9.92. The van der Waals surface area contributed by atoms with E-state index >= 15 is 0 Å². The number of nitrogens with zero attached hydrogens (tertiary/aromatic N) is 3. The van der Waals surface area contributed by atoms with Gasteiger partial charge in [0, 0.05) is 23.0 Å². The van der Waals surface area contributed by atoms with Crippen molar-refractivity contribution in [3.8, 4) is 22.9 Å². The number of ketones is 1. The molecule has 8 nitrogen and oxygen atoms in total. The zero-order valence-electron chi connectivity index (χ0n) is 21.0. The van der Waals surface area contributed by atoms with Gasteiger partial charge in [0.15, 0.2) is 0 Å². The fourth-order valence-corrected chi connectivity index (χ4v) is 3.75. The maximum atomic E-state index is 14.2. The Morgan fingerprint density at radius 2 is 1.92 bits per heavy atom. The van der Waals surface area contributed by atoms with Crippen molar-refractivity contribution in [2.45, 2.75) is 40.2 Å². The van der Waals surface area contributed by atoms with Crippen LogP contribution in [0.5, 0.6) is 11.8 Å². The minimum absolute atomic E-state index is 0.0181. The van der Waals surface area contributed by atoms with Gasteiger partial charge in [0.25, 0.3) is 0 Å². The quantitative estimate of drug-likeness (QED) is 0.397. The third-order valence-electron chi connectivity index (χ3n) is 6.28. The Kier molecular flexibility index (Phi) is 7.63. The Labute approximate surface area is 219 Å². The van der Waals surface area contributed by atoms with Crippen LogP contribution < -0.4 is 19.7 Å². The highest BCUT2D eigenvalue weighted by atomic mass is 35.5. The van der Waals surface area contributed by atoms with E-state index in [1.54, 1.807) is 32.3 Å². The first-order chi connectivity index (χ1) is 17.6. The molecule has 0 bridgehead atoms. The van der Waals surface area contributed by atoms with Crippen LogP contribution in [0.2, 0.25) is 5.02 Å². The Morgan fingerprint density at radius 3 is 2.57 bits per heavy atom. The number of anilines is 2. The van der Waals surface area contributed by atoms with Gasteiger partial charge in [-0.1, -0.05) is 24.6 Å². The first-order valence-electron chi connectivity index (χ1n) is 11.9. The minimum Gasteiger partial charge on any atom is -0.486 e. The molecule has 0 fully saturated rings. The molecule has 2 amide bonds. The molecule has 194 valence electrons. The molecule has 37 heavy (non-hydrogen) atoms. The Bertz CT molecular complexity index is 1320. The van der Waals surface area contributed by atoms with Crippen molar-refractivity contribution >= 4 is 34.8 Å². The average molecular weight is 527 g/mol. The van der Waals surface area contributed by atoms with E-state index in [1.807, 2.05) is 19.1 Å². The van der Waals surface area contributed by atoms with Crippen LogP contribution in [0.4, 0.5) is 20.6 Å². The SMILES string of the molecule is CCC1CN(C(=O)Nc2ccc(Cl)cc2F)c2ccc(-c3cnc(OCC(C)(C)C(C)=O)nc3)cc2O1. The second-order valence-electron chi connectivity index (χ2n) is 9.48. The molecule has 1 aliphatic rings. The lowest BCUT2D eigenvalue weighted by Crippen LogP contribution is -2.45. The molecule has 1 atom stereocenters. The van der Waals surface area contributed by atoms with Crippen LogP contribution in [-0.4, -0.2) is 41.0 Å². The van der Waals surface area contributed by atoms with Crippen LogP contribution in [0, 0.1) is 11.2 Å². The molecular formula is C27H28ClFN4O4. The number of urea groups is 1. The van der Waals surface area contributed by atoms with Gasteiger partial charge in [-0.05, 0) is 63.1 Å². The van der Waals surface area contributed by atoms with Gasteiger partial charge in [-0.2, -0.15) is 0 Å². The molecule has 10 heteroatoms. The molecule has 1 unspecified atom stereocenters. The minimum atomic E-state index is -0.634. The molecule has 0 radical (unpaired) electrons. The van der Waals surface area contributed by atoms with E-state index in [4.69, 9.17) is 21.1 Å². The van der Waals surface area contributed by atoms with Crippen LogP contribution in [0.1, 0.15) is 34.1 Å². The molecule has 2 aromatic carbocycles. The fraction of sp³-hybridized carbons (Fsp3) is 0.333. The number of Topliss-reactive ketones (excluding diaryl/α,β-unsaturated/α-hetero) is 1. The van der Waals surface area contributed by atoms with Gasteiger partial charge in [0.05, 0.1) is 23.3 Å². The lowest BCUT2D eigenvalue weighted by molar-refractivity contribution is -0.126. The normalized spacial score (nSPS) is 15.0. The van der Waals surface area contributed by atoms with Crippen molar-refractivity contribution in [1.29, 1.82) is 0 Å². The summed E-state index contributed by atoms with van der Waals surface area (Å²) in [5, 5.41) is 2.86. The number of rotatable bonds is 7. The summed E-state index contributed by atoms with van der Waals surface area (Å²) in [6.45, 7) is 7.58. The summed E-state index contributed by atoms with van der Waals surface area (Å²) in [5.74, 6) is -0.0792. The van der Waals surface area contributed by atoms with Crippen molar-refractivity contribution in [2.75, 3.05) is 23.4 Å². The molecule has 2 heterocycles. The summed E-state index contributed by atoms with van der Waals surface area (Å²) in [6, 6.07) is 9.20. The molecule has 0 aliphatic carbocycles. The summed E-state index contributed by atoms with van der Waals surface area (Å²) in [6.07, 6.45) is 3.69. The molecule has 1 aliphatic heterocycles. The first kappa shape index (κ1) is 26.3.